The van der Waals surface area contributed by atoms with Crippen molar-refractivity contribution in [3.8, 4) is 11.5 Å². The number of aliphatic carboxylic acids is 1. The Morgan fingerprint density at radius 2 is 1.90 bits per heavy atom. The first-order valence-corrected chi connectivity index (χ1v) is 12.9. The molecule has 4 aromatic rings. The maximum atomic E-state index is 14.5. The van der Waals surface area contributed by atoms with Gasteiger partial charge in [0, 0.05) is 24.7 Å². The molecule has 0 saturated heterocycles. The first-order valence-electron chi connectivity index (χ1n) is 12.9. The monoisotopic (exact) mass is 557 g/mol. The lowest BCUT2D eigenvalue weighted by atomic mass is 9.78. The summed E-state index contributed by atoms with van der Waals surface area (Å²) in [6.45, 7) is 2.22. The largest absolute Gasteiger partial charge is 0.573 e. The highest BCUT2D eigenvalue weighted by Crippen LogP contribution is 2.39. The Morgan fingerprint density at radius 1 is 1.10 bits per heavy atom. The second-order valence-corrected chi connectivity index (χ2v) is 9.97. The topological polar surface area (TPSA) is 86.5 Å². The second-order valence-electron chi connectivity index (χ2n) is 9.97. The molecule has 2 atom stereocenters. The number of benzene rings is 2. The standard InChI is InChI=1S/C29H27F4N3O4/c1-17-6-8-19(34-14-17)16-39-20-9-10-24-25(13-20)36(27(35-24)21-4-2-3-5-22(21)28(37)38)15-18-7-11-26(23(30)12-18)40-29(31,32)33/h6-14,21-22H,2-5,15-16H2,1H3,(H,37,38)/t21-,22+/m1/s1. The van der Waals surface area contributed by atoms with Crippen LogP contribution >= 0.6 is 0 Å². The van der Waals surface area contributed by atoms with Crippen LogP contribution in [0.15, 0.2) is 54.7 Å². The summed E-state index contributed by atoms with van der Waals surface area (Å²) in [6, 6.07) is 12.4. The maximum absolute atomic E-state index is 14.5. The van der Waals surface area contributed by atoms with Crippen molar-refractivity contribution in [2.24, 2.45) is 5.92 Å². The minimum Gasteiger partial charge on any atom is -0.487 e. The summed E-state index contributed by atoms with van der Waals surface area (Å²) in [7, 11) is 0. The van der Waals surface area contributed by atoms with Crippen molar-refractivity contribution in [2.45, 2.75) is 58.0 Å². The molecule has 0 bridgehead atoms. The van der Waals surface area contributed by atoms with Crippen LogP contribution in [0.2, 0.25) is 0 Å². The number of carbonyl (C=O) groups is 1. The number of rotatable bonds is 8. The van der Waals surface area contributed by atoms with Crippen LogP contribution in [0.25, 0.3) is 11.0 Å². The third kappa shape index (κ3) is 6.19. The SMILES string of the molecule is Cc1ccc(COc2ccc3nc([C@@H]4CCCC[C@@H]4C(=O)O)n(Cc4ccc(OC(F)(F)F)c(F)c4)c3c2)nc1. The number of nitrogens with zero attached hydrogens (tertiary/aromatic N) is 3. The Hall–Kier alpha value is -4.15. The minimum absolute atomic E-state index is 0.0564. The molecule has 1 aliphatic carbocycles. The minimum atomic E-state index is -5.02. The van der Waals surface area contributed by atoms with Gasteiger partial charge < -0.3 is 19.1 Å². The molecule has 1 fully saturated rings. The van der Waals surface area contributed by atoms with Crippen molar-refractivity contribution in [2.75, 3.05) is 0 Å². The highest BCUT2D eigenvalue weighted by Gasteiger charge is 2.36. The molecular weight excluding hydrogens is 530 g/mol. The zero-order valence-electron chi connectivity index (χ0n) is 21.6. The van der Waals surface area contributed by atoms with Crippen LogP contribution < -0.4 is 9.47 Å². The summed E-state index contributed by atoms with van der Waals surface area (Å²) >= 11 is 0. The van der Waals surface area contributed by atoms with Crippen molar-refractivity contribution in [1.29, 1.82) is 0 Å². The molecule has 2 heterocycles. The van der Waals surface area contributed by atoms with E-state index in [-0.39, 0.29) is 19.1 Å². The van der Waals surface area contributed by atoms with Crippen LogP contribution in [0.3, 0.4) is 0 Å². The van der Waals surface area contributed by atoms with E-state index in [1.165, 1.54) is 6.07 Å². The third-order valence-corrected chi connectivity index (χ3v) is 7.09. The van der Waals surface area contributed by atoms with Crippen molar-refractivity contribution >= 4 is 17.0 Å². The fraction of sp³-hybridized carbons (Fsp3) is 0.345. The van der Waals surface area contributed by atoms with E-state index in [4.69, 9.17) is 9.72 Å². The molecule has 0 aliphatic heterocycles. The number of aromatic nitrogens is 3. The Labute approximate surface area is 227 Å². The summed E-state index contributed by atoms with van der Waals surface area (Å²) in [6.07, 6.45) is -0.503. The first kappa shape index (κ1) is 27.4. The van der Waals surface area contributed by atoms with E-state index < -0.39 is 29.8 Å². The predicted molar refractivity (Wildman–Crippen MR) is 138 cm³/mol. The fourth-order valence-electron chi connectivity index (χ4n) is 5.17. The van der Waals surface area contributed by atoms with Crippen LogP contribution in [-0.4, -0.2) is 32.0 Å². The summed E-state index contributed by atoms with van der Waals surface area (Å²) in [5.41, 5.74) is 3.37. The van der Waals surface area contributed by atoms with Crippen molar-refractivity contribution in [3.05, 3.63) is 83.2 Å². The lowest BCUT2D eigenvalue weighted by molar-refractivity contribution is -0.275. The molecule has 2 aromatic heterocycles. The van der Waals surface area contributed by atoms with Gasteiger partial charge in [-0.3, -0.25) is 9.78 Å². The molecule has 1 N–H and O–H groups in total. The van der Waals surface area contributed by atoms with Crippen LogP contribution in [-0.2, 0) is 17.9 Å². The van der Waals surface area contributed by atoms with Gasteiger partial charge in [0.25, 0.3) is 0 Å². The normalized spacial score (nSPS) is 17.6. The van der Waals surface area contributed by atoms with Gasteiger partial charge in [-0.2, -0.15) is 0 Å². The quantitative estimate of drug-likeness (QED) is 0.241. The highest BCUT2D eigenvalue weighted by atomic mass is 19.4. The predicted octanol–water partition coefficient (Wildman–Crippen LogP) is 6.76. The Kier molecular flexibility index (Phi) is 7.64. The molecule has 2 aromatic carbocycles. The second kappa shape index (κ2) is 11.1. The lowest BCUT2D eigenvalue weighted by Gasteiger charge is -2.28. The number of carboxylic acids is 1. The van der Waals surface area contributed by atoms with Gasteiger partial charge in [-0.15, -0.1) is 13.2 Å². The van der Waals surface area contributed by atoms with Crippen LogP contribution in [0, 0.1) is 18.7 Å². The van der Waals surface area contributed by atoms with E-state index in [2.05, 4.69) is 9.72 Å². The van der Waals surface area contributed by atoms with Crippen molar-refractivity contribution < 1.29 is 36.9 Å². The van der Waals surface area contributed by atoms with Crippen LogP contribution in [0.5, 0.6) is 11.5 Å². The van der Waals surface area contributed by atoms with Gasteiger partial charge in [-0.25, -0.2) is 9.37 Å². The molecule has 1 aliphatic rings. The zero-order chi connectivity index (χ0) is 28.4. The van der Waals surface area contributed by atoms with Crippen LogP contribution in [0.4, 0.5) is 17.6 Å². The van der Waals surface area contributed by atoms with Gasteiger partial charge in [-0.05, 0) is 61.2 Å². The number of fused-ring (bicyclic) bond motifs is 1. The van der Waals surface area contributed by atoms with E-state index >= 15 is 0 Å². The van der Waals surface area contributed by atoms with Gasteiger partial charge in [0.15, 0.2) is 11.6 Å². The number of aryl methyl sites for hydroxylation is 1. The summed E-state index contributed by atoms with van der Waals surface area (Å²) in [5, 5.41) is 9.91. The van der Waals surface area contributed by atoms with Gasteiger partial charge in [-0.1, -0.05) is 25.0 Å². The molecule has 0 radical (unpaired) electrons. The summed E-state index contributed by atoms with van der Waals surface area (Å²) in [5.74, 6) is -2.93. The molecule has 40 heavy (non-hydrogen) atoms. The van der Waals surface area contributed by atoms with E-state index in [0.717, 1.165) is 36.2 Å². The number of ether oxygens (including phenoxy) is 2. The van der Waals surface area contributed by atoms with E-state index in [1.807, 2.05) is 19.1 Å². The van der Waals surface area contributed by atoms with E-state index in [9.17, 15) is 27.5 Å². The molecule has 0 spiro atoms. The van der Waals surface area contributed by atoms with Crippen molar-refractivity contribution in [1.82, 2.24) is 14.5 Å². The number of carboxylic acid groups (broad SMARTS) is 1. The molecule has 210 valence electrons. The molecule has 11 heteroatoms. The van der Waals surface area contributed by atoms with E-state index in [1.54, 1.807) is 29.0 Å². The van der Waals surface area contributed by atoms with Gasteiger partial charge in [0.1, 0.15) is 18.2 Å². The van der Waals surface area contributed by atoms with E-state index in [0.29, 0.717) is 41.0 Å². The van der Waals surface area contributed by atoms with Gasteiger partial charge >= 0.3 is 12.3 Å². The number of alkyl halides is 3. The number of imidazole rings is 1. The average molecular weight is 558 g/mol. The number of pyridine rings is 1. The number of hydrogen-bond donors (Lipinski definition) is 1. The molecular formula is C29H27F4N3O4. The Balaban J connectivity index is 1.52. The molecule has 0 amide bonds. The Bertz CT molecular complexity index is 1520. The molecule has 1 saturated carbocycles. The third-order valence-electron chi connectivity index (χ3n) is 7.09. The number of hydrogen-bond acceptors (Lipinski definition) is 5. The summed E-state index contributed by atoms with van der Waals surface area (Å²) < 4.78 is 63.9. The van der Waals surface area contributed by atoms with Crippen molar-refractivity contribution in [3.63, 3.8) is 0 Å². The first-order chi connectivity index (χ1) is 19.1. The number of halogens is 4. The summed E-state index contributed by atoms with van der Waals surface area (Å²) in [4.78, 5) is 21.2. The maximum Gasteiger partial charge on any atom is 0.573 e. The molecule has 5 rings (SSSR count). The van der Waals surface area contributed by atoms with Gasteiger partial charge in [0.05, 0.1) is 22.6 Å². The average Bonchev–Trinajstić information content (AvgIpc) is 3.26. The highest BCUT2D eigenvalue weighted by molar-refractivity contribution is 5.79. The van der Waals surface area contributed by atoms with Crippen LogP contribution in [0.1, 0.15) is 54.2 Å². The Morgan fingerprint density at radius 3 is 2.60 bits per heavy atom. The molecule has 0 unspecified atom stereocenters. The fourth-order valence-corrected chi connectivity index (χ4v) is 5.17. The van der Waals surface area contributed by atoms with Gasteiger partial charge in [0.2, 0.25) is 0 Å². The zero-order valence-corrected chi connectivity index (χ0v) is 21.6. The smallest absolute Gasteiger partial charge is 0.487 e. The lowest BCUT2D eigenvalue weighted by Crippen LogP contribution is -2.27. The molecule has 7 nitrogen and oxygen atoms in total.